The molecule has 0 saturated carbocycles. The van der Waals surface area contributed by atoms with Crippen LogP contribution < -0.4 is 5.73 Å². The maximum Gasteiger partial charge on any atom is 0.243 e. The zero-order valence-corrected chi connectivity index (χ0v) is 13.0. The smallest absolute Gasteiger partial charge is 0.243 e. The van der Waals surface area contributed by atoms with E-state index >= 15 is 0 Å². The number of nitrogen functional groups attached to an aromatic ring is 1. The van der Waals surface area contributed by atoms with Crippen LogP contribution >= 0.6 is 0 Å². The van der Waals surface area contributed by atoms with Gasteiger partial charge in [0.25, 0.3) is 0 Å². The largest absolute Gasteiger partial charge is 0.399 e. The molecule has 0 spiro atoms. The molecule has 0 amide bonds. The van der Waals surface area contributed by atoms with Gasteiger partial charge in [0.2, 0.25) is 10.0 Å². The molecule has 1 heterocycles. The molecular formula is C15H19N3O2S. The Hall–Kier alpha value is -1.92. The van der Waals surface area contributed by atoms with Crippen molar-refractivity contribution in [2.75, 3.05) is 12.3 Å². The molecule has 2 N–H and O–H groups in total. The molecule has 6 heteroatoms. The lowest BCUT2D eigenvalue weighted by molar-refractivity contribution is 0.419. The van der Waals surface area contributed by atoms with Crippen LogP contribution in [0.3, 0.4) is 0 Å². The summed E-state index contributed by atoms with van der Waals surface area (Å²) in [7, 11) is -3.55. The summed E-state index contributed by atoms with van der Waals surface area (Å²) in [4.78, 5) is 4.44. The van der Waals surface area contributed by atoms with Crippen molar-refractivity contribution in [2.45, 2.75) is 25.3 Å². The maximum atomic E-state index is 12.7. The van der Waals surface area contributed by atoms with Gasteiger partial charge in [-0.1, -0.05) is 13.0 Å². The summed E-state index contributed by atoms with van der Waals surface area (Å²) in [6.07, 6.45) is 1.66. The van der Waals surface area contributed by atoms with E-state index in [1.165, 1.54) is 4.31 Å². The van der Waals surface area contributed by atoms with Crippen LogP contribution in [0.5, 0.6) is 0 Å². The van der Waals surface area contributed by atoms with Crippen molar-refractivity contribution < 1.29 is 8.42 Å². The van der Waals surface area contributed by atoms with Crippen molar-refractivity contribution in [3.8, 4) is 0 Å². The van der Waals surface area contributed by atoms with Crippen molar-refractivity contribution in [1.29, 1.82) is 0 Å². The van der Waals surface area contributed by atoms with Crippen molar-refractivity contribution >= 4 is 15.7 Å². The Morgan fingerprint density at radius 1 is 1.24 bits per heavy atom. The van der Waals surface area contributed by atoms with Gasteiger partial charge in [0.15, 0.2) is 0 Å². The highest BCUT2D eigenvalue weighted by Gasteiger charge is 2.23. The highest BCUT2D eigenvalue weighted by Crippen LogP contribution is 2.21. The highest BCUT2D eigenvalue weighted by atomic mass is 32.2. The van der Waals surface area contributed by atoms with Crippen LogP contribution in [0.15, 0.2) is 47.5 Å². The van der Waals surface area contributed by atoms with Crippen molar-refractivity contribution in [1.82, 2.24) is 9.29 Å². The molecule has 0 aliphatic heterocycles. The van der Waals surface area contributed by atoms with E-state index in [0.717, 1.165) is 11.3 Å². The van der Waals surface area contributed by atoms with Gasteiger partial charge < -0.3 is 5.73 Å². The van der Waals surface area contributed by atoms with Gasteiger partial charge in [-0.15, -0.1) is 0 Å². The molecule has 5 nitrogen and oxygen atoms in total. The summed E-state index contributed by atoms with van der Waals surface area (Å²) in [5, 5.41) is 0. The highest BCUT2D eigenvalue weighted by molar-refractivity contribution is 7.89. The normalized spacial score (nSPS) is 11.8. The standard InChI is InChI=1S/C15H19N3O2S/c1-3-18(11-13-6-4-5-9-17-13)21(19,20)14-7-8-15(16)12(2)10-14/h4-10H,3,11,16H2,1-2H3. The third-order valence-corrected chi connectivity index (χ3v) is 5.21. The number of anilines is 1. The number of hydrogen-bond donors (Lipinski definition) is 1. The first-order valence-corrected chi connectivity index (χ1v) is 8.15. The fourth-order valence-corrected chi connectivity index (χ4v) is 3.50. The summed E-state index contributed by atoms with van der Waals surface area (Å²) in [6.45, 7) is 4.24. The number of nitrogens with two attached hydrogens (primary N) is 1. The van der Waals surface area contributed by atoms with E-state index in [4.69, 9.17) is 5.73 Å². The van der Waals surface area contributed by atoms with Crippen LogP contribution in [0.25, 0.3) is 0 Å². The second kappa shape index (κ2) is 6.24. The number of rotatable bonds is 5. The third-order valence-electron chi connectivity index (χ3n) is 3.30. The molecule has 0 aliphatic rings. The maximum absolute atomic E-state index is 12.7. The van der Waals surface area contributed by atoms with Gasteiger partial charge in [0.1, 0.15) is 0 Å². The van der Waals surface area contributed by atoms with Crippen molar-refractivity contribution in [3.63, 3.8) is 0 Å². The summed E-state index contributed by atoms with van der Waals surface area (Å²) in [5.41, 5.74) is 7.80. The van der Waals surface area contributed by atoms with E-state index in [2.05, 4.69) is 4.98 Å². The number of benzene rings is 1. The van der Waals surface area contributed by atoms with E-state index in [9.17, 15) is 8.42 Å². The second-order valence-electron chi connectivity index (χ2n) is 4.77. The zero-order chi connectivity index (χ0) is 15.5. The Kier molecular flexibility index (Phi) is 4.59. The average Bonchev–Trinajstić information content (AvgIpc) is 2.48. The second-order valence-corrected chi connectivity index (χ2v) is 6.71. The zero-order valence-electron chi connectivity index (χ0n) is 12.2. The fourth-order valence-electron chi connectivity index (χ4n) is 2.00. The first-order chi connectivity index (χ1) is 9.95. The molecule has 0 fully saturated rings. The molecule has 0 saturated heterocycles. The fraction of sp³-hybridized carbons (Fsp3) is 0.267. The lowest BCUT2D eigenvalue weighted by Crippen LogP contribution is -2.30. The first kappa shape index (κ1) is 15.5. The van der Waals surface area contributed by atoms with E-state index < -0.39 is 10.0 Å². The average molecular weight is 305 g/mol. The summed E-state index contributed by atoms with van der Waals surface area (Å²) in [5.74, 6) is 0. The Morgan fingerprint density at radius 3 is 2.57 bits per heavy atom. The van der Waals surface area contributed by atoms with Gasteiger partial charge in [0.05, 0.1) is 17.1 Å². The van der Waals surface area contributed by atoms with E-state index in [-0.39, 0.29) is 11.4 Å². The minimum Gasteiger partial charge on any atom is -0.399 e. The first-order valence-electron chi connectivity index (χ1n) is 6.71. The SMILES string of the molecule is CCN(Cc1ccccn1)S(=O)(=O)c1ccc(N)c(C)c1. The van der Waals surface area contributed by atoms with Gasteiger partial charge in [-0.2, -0.15) is 4.31 Å². The lowest BCUT2D eigenvalue weighted by atomic mass is 10.2. The quantitative estimate of drug-likeness (QED) is 0.859. The molecule has 0 bridgehead atoms. The predicted molar refractivity (Wildman–Crippen MR) is 83.1 cm³/mol. The van der Waals surface area contributed by atoms with Crippen LogP contribution in [0.4, 0.5) is 5.69 Å². The van der Waals surface area contributed by atoms with Gasteiger partial charge >= 0.3 is 0 Å². The molecule has 0 aliphatic carbocycles. The van der Waals surface area contributed by atoms with Crippen molar-refractivity contribution in [3.05, 3.63) is 53.9 Å². The van der Waals surface area contributed by atoms with Gasteiger partial charge in [-0.05, 0) is 42.8 Å². The monoisotopic (exact) mass is 305 g/mol. The van der Waals surface area contributed by atoms with E-state index in [0.29, 0.717) is 12.2 Å². The van der Waals surface area contributed by atoms with Gasteiger partial charge in [0, 0.05) is 18.4 Å². The van der Waals surface area contributed by atoms with Crippen LogP contribution in [0.1, 0.15) is 18.2 Å². The molecule has 1 aromatic carbocycles. The molecule has 2 aromatic rings. The van der Waals surface area contributed by atoms with E-state index in [1.54, 1.807) is 37.4 Å². The number of aryl methyl sites for hydroxylation is 1. The Labute approximate surface area is 125 Å². The van der Waals surface area contributed by atoms with Gasteiger partial charge in [-0.25, -0.2) is 8.42 Å². The van der Waals surface area contributed by atoms with Crippen molar-refractivity contribution in [2.24, 2.45) is 0 Å². The lowest BCUT2D eigenvalue weighted by Gasteiger charge is -2.20. The Balaban J connectivity index is 2.33. The molecule has 21 heavy (non-hydrogen) atoms. The summed E-state index contributed by atoms with van der Waals surface area (Å²) >= 11 is 0. The molecular weight excluding hydrogens is 286 g/mol. The Bertz CT molecular complexity index is 715. The minimum absolute atomic E-state index is 0.253. The number of nitrogens with zero attached hydrogens (tertiary/aromatic N) is 2. The number of sulfonamides is 1. The number of pyridine rings is 1. The molecule has 1 aromatic heterocycles. The molecule has 112 valence electrons. The van der Waals surface area contributed by atoms with Gasteiger partial charge in [-0.3, -0.25) is 4.98 Å². The summed E-state index contributed by atoms with van der Waals surface area (Å²) in [6, 6.07) is 10.2. The van der Waals surface area contributed by atoms with Crippen LogP contribution in [0.2, 0.25) is 0 Å². The third kappa shape index (κ3) is 3.40. The van der Waals surface area contributed by atoms with Crippen LogP contribution in [-0.4, -0.2) is 24.3 Å². The topological polar surface area (TPSA) is 76.3 Å². The molecule has 2 rings (SSSR count). The molecule has 0 atom stereocenters. The molecule has 0 unspecified atom stereocenters. The van der Waals surface area contributed by atoms with Crippen LogP contribution in [-0.2, 0) is 16.6 Å². The van der Waals surface area contributed by atoms with Crippen LogP contribution in [0, 0.1) is 6.92 Å². The molecule has 0 radical (unpaired) electrons. The number of aromatic nitrogens is 1. The van der Waals surface area contributed by atoms with E-state index in [1.807, 2.05) is 19.1 Å². The number of hydrogen-bond acceptors (Lipinski definition) is 4. The predicted octanol–water partition coefficient (Wildman–Crippen LogP) is 2.18. The Morgan fingerprint density at radius 2 is 2.00 bits per heavy atom. The minimum atomic E-state index is -3.55. The summed E-state index contributed by atoms with van der Waals surface area (Å²) < 4.78 is 26.8.